The first kappa shape index (κ1) is 11.6. The fraction of sp³-hybridized carbons (Fsp3) is 0.182. The van der Waals surface area contributed by atoms with Gasteiger partial charge in [0.2, 0.25) is 0 Å². The predicted octanol–water partition coefficient (Wildman–Crippen LogP) is 3.57. The molecule has 2 nitrogen and oxygen atoms in total. The topological polar surface area (TPSA) is 17.8 Å². The highest BCUT2D eigenvalue weighted by Gasteiger charge is 2.06. The van der Waals surface area contributed by atoms with Crippen molar-refractivity contribution in [1.29, 1.82) is 0 Å². The van der Waals surface area contributed by atoms with Crippen LogP contribution in [0.4, 0.5) is 4.39 Å². The van der Waals surface area contributed by atoms with Crippen LogP contribution in [0.3, 0.4) is 0 Å². The number of alkyl halides is 1. The van der Waals surface area contributed by atoms with Crippen LogP contribution in [0.25, 0.3) is 0 Å². The number of hydrogen-bond acceptors (Lipinski definition) is 1. The second kappa shape index (κ2) is 4.97. The van der Waals surface area contributed by atoms with Crippen molar-refractivity contribution in [2.45, 2.75) is 12.4 Å². The Kier molecular flexibility index (Phi) is 3.61. The van der Waals surface area contributed by atoms with Crippen LogP contribution in [0.15, 0.2) is 35.2 Å². The number of halogens is 3. The second-order valence-corrected chi connectivity index (χ2v) is 4.44. The van der Waals surface area contributed by atoms with Crippen LogP contribution >= 0.6 is 27.5 Å². The summed E-state index contributed by atoms with van der Waals surface area (Å²) in [6.45, 7) is 0.572. The van der Waals surface area contributed by atoms with Crippen molar-refractivity contribution < 1.29 is 4.39 Å². The third-order valence-corrected chi connectivity index (χ3v) is 3.37. The molecule has 2 aromatic rings. The average molecular weight is 304 g/mol. The molecule has 84 valence electrons. The van der Waals surface area contributed by atoms with Gasteiger partial charge in [-0.1, -0.05) is 12.1 Å². The van der Waals surface area contributed by atoms with E-state index in [-0.39, 0.29) is 5.82 Å². The summed E-state index contributed by atoms with van der Waals surface area (Å²) in [5, 5.41) is 0. The molecular weight excluding hydrogens is 294 g/mol. The number of benzene rings is 1. The summed E-state index contributed by atoms with van der Waals surface area (Å²) in [7, 11) is 0. The van der Waals surface area contributed by atoms with Gasteiger partial charge in [0.15, 0.2) is 0 Å². The van der Waals surface area contributed by atoms with Crippen molar-refractivity contribution in [3.8, 4) is 0 Å². The van der Waals surface area contributed by atoms with Gasteiger partial charge in [0.05, 0.1) is 22.4 Å². The van der Waals surface area contributed by atoms with Gasteiger partial charge < -0.3 is 4.57 Å². The fourth-order valence-corrected chi connectivity index (χ4v) is 1.96. The number of hydrogen-bond donors (Lipinski definition) is 0. The zero-order valence-corrected chi connectivity index (χ0v) is 10.7. The third-order valence-electron chi connectivity index (χ3n) is 2.21. The highest BCUT2D eigenvalue weighted by molar-refractivity contribution is 9.10. The third kappa shape index (κ3) is 2.44. The molecule has 2 rings (SSSR count). The standard InChI is InChI=1S/C11H9BrClFN2/c12-11-8(2-1-3-10(11)14)5-16-6-9(4-13)15-7-16/h1-3,6-7H,4-5H2. The molecule has 0 atom stereocenters. The van der Waals surface area contributed by atoms with E-state index in [4.69, 9.17) is 11.6 Å². The van der Waals surface area contributed by atoms with E-state index in [1.807, 2.05) is 16.8 Å². The van der Waals surface area contributed by atoms with Crippen molar-refractivity contribution >= 4 is 27.5 Å². The van der Waals surface area contributed by atoms with Crippen LogP contribution in [-0.2, 0) is 12.4 Å². The summed E-state index contributed by atoms with van der Waals surface area (Å²) in [6, 6.07) is 4.98. The van der Waals surface area contributed by atoms with Gasteiger partial charge in [0.25, 0.3) is 0 Å². The zero-order chi connectivity index (χ0) is 11.5. The maximum Gasteiger partial charge on any atom is 0.137 e. The van der Waals surface area contributed by atoms with Crippen molar-refractivity contribution in [3.63, 3.8) is 0 Å². The van der Waals surface area contributed by atoms with Crippen molar-refractivity contribution in [2.24, 2.45) is 0 Å². The summed E-state index contributed by atoms with van der Waals surface area (Å²) >= 11 is 8.88. The minimum atomic E-state index is -0.254. The van der Waals surface area contributed by atoms with E-state index in [0.29, 0.717) is 16.9 Å². The largest absolute Gasteiger partial charge is 0.333 e. The highest BCUT2D eigenvalue weighted by atomic mass is 79.9. The molecule has 0 aliphatic heterocycles. The molecular formula is C11H9BrClFN2. The Labute approximate surface area is 106 Å². The monoisotopic (exact) mass is 302 g/mol. The first-order valence-electron chi connectivity index (χ1n) is 4.70. The molecule has 0 fully saturated rings. The van der Waals surface area contributed by atoms with Gasteiger partial charge in [0.1, 0.15) is 5.82 Å². The number of aromatic nitrogens is 2. The van der Waals surface area contributed by atoms with Gasteiger partial charge in [-0.05, 0) is 27.6 Å². The molecule has 0 unspecified atom stereocenters. The number of rotatable bonds is 3. The summed E-state index contributed by atoms with van der Waals surface area (Å²) in [4.78, 5) is 4.10. The average Bonchev–Trinajstić information content (AvgIpc) is 2.73. The van der Waals surface area contributed by atoms with Gasteiger partial charge in [-0.2, -0.15) is 0 Å². The van der Waals surface area contributed by atoms with E-state index >= 15 is 0 Å². The molecule has 0 radical (unpaired) electrons. The van der Waals surface area contributed by atoms with E-state index in [9.17, 15) is 4.39 Å². The van der Waals surface area contributed by atoms with E-state index < -0.39 is 0 Å². The van der Waals surface area contributed by atoms with Gasteiger partial charge in [-0.15, -0.1) is 11.6 Å². The summed E-state index contributed by atoms with van der Waals surface area (Å²) in [5.41, 5.74) is 1.69. The van der Waals surface area contributed by atoms with Gasteiger partial charge in [-0.3, -0.25) is 0 Å². The van der Waals surface area contributed by atoms with Crippen LogP contribution in [-0.4, -0.2) is 9.55 Å². The SMILES string of the molecule is Fc1cccc(Cn2cnc(CCl)c2)c1Br. The number of imidazole rings is 1. The molecule has 16 heavy (non-hydrogen) atoms. The Morgan fingerprint density at radius 3 is 2.94 bits per heavy atom. The van der Waals surface area contributed by atoms with Crippen molar-refractivity contribution in [3.05, 3.63) is 52.3 Å². The van der Waals surface area contributed by atoms with Crippen LogP contribution in [0.5, 0.6) is 0 Å². The smallest absolute Gasteiger partial charge is 0.137 e. The van der Waals surface area contributed by atoms with Crippen LogP contribution in [0.1, 0.15) is 11.3 Å². The molecule has 1 heterocycles. The number of nitrogens with zero attached hydrogens (tertiary/aromatic N) is 2. The van der Waals surface area contributed by atoms with Crippen LogP contribution in [0.2, 0.25) is 0 Å². The molecule has 0 amide bonds. The Balaban J connectivity index is 2.23. The molecule has 1 aromatic heterocycles. The first-order valence-corrected chi connectivity index (χ1v) is 6.03. The van der Waals surface area contributed by atoms with E-state index in [0.717, 1.165) is 11.3 Å². The lowest BCUT2D eigenvalue weighted by Crippen LogP contribution is -1.98. The molecule has 0 bridgehead atoms. The minimum Gasteiger partial charge on any atom is -0.333 e. The fourth-order valence-electron chi connectivity index (χ4n) is 1.43. The lowest BCUT2D eigenvalue weighted by Gasteiger charge is -2.05. The Bertz CT molecular complexity index is 498. The van der Waals surface area contributed by atoms with Gasteiger partial charge in [-0.25, -0.2) is 9.37 Å². The summed E-state index contributed by atoms with van der Waals surface area (Å²) < 4.78 is 15.6. The molecule has 0 spiro atoms. The van der Waals surface area contributed by atoms with Crippen molar-refractivity contribution in [1.82, 2.24) is 9.55 Å². The van der Waals surface area contributed by atoms with E-state index in [2.05, 4.69) is 20.9 Å². The zero-order valence-electron chi connectivity index (χ0n) is 8.33. The summed E-state index contributed by atoms with van der Waals surface area (Å²) in [6.07, 6.45) is 3.54. The molecule has 0 aliphatic rings. The Morgan fingerprint density at radius 1 is 1.44 bits per heavy atom. The van der Waals surface area contributed by atoms with E-state index in [1.54, 1.807) is 12.4 Å². The molecule has 5 heteroatoms. The maximum absolute atomic E-state index is 13.3. The molecule has 0 N–H and O–H groups in total. The van der Waals surface area contributed by atoms with Crippen LogP contribution < -0.4 is 0 Å². The Morgan fingerprint density at radius 2 is 2.25 bits per heavy atom. The van der Waals surface area contributed by atoms with Crippen LogP contribution in [0, 0.1) is 5.82 Å². The van der Waals surface area contributed by atoms with Gasteiger partial charge >= 0.3 is 0 Å². The van der Waals surface area contributed by atoms with Gasteiger partial charge in [0, 0.05) is 12.7 Å². The summed E-state index contributed by atoms with van der Waals surface area (Å²) in [5.74, 6) is 0.132. The molecule has 0 aliphatic carbocycles. The van der Waals surface area contributed by atoms with Crippen molar-refractivity contribution in [2.75, 3.05) is 0 Å². The first-order chi connectivity index (χ1) is 7.70. The Hall–Kier alpha value is -0.870. The second-order valence-electron chi connectivity index (χ2n) is 3.38. The normalized spacial score (nSPS) is 10.7. The quantitative estimate of drug-likeness (QED) is 0.793. The molecule has 0 saturated heterocycles. The predicted molar refractivity (Wildman–Crippen MR) is 65.0 cm³/mol. The van der Waals surface area contributed by atoms with E-state index in [1.165, 1.54) is 6.07 Å². The lowest BCUT2D eigenvalue weighted by atomic mass is 10.2. The lowest BCUT2D eigenvalue weighted by molar-refractivity contribution is 0.616. The maximum atomic E-state index is 13.3. The molecule has 0 saturated carbocycles. The molecule has 1 aromatic carbocycles. The highest BCUT2D eigenvalue weighted by Crippen LogP contribution is 2.21. The minimum absolute atomic E-state index is 0.254.